The van der Waals surface area contributed by atoms with Crippen molar-refractivity contribution in [1.29, 1.82) is 0 Å². The van der Waals surface area contributed by atoms with Gasteiger partial charge >= 0.3 is 0 Å². The number of hydrogen-bond acceptors (Lipinski definition) is 3. The van der Waals surface area contributed by atoms with E-state index in [1.807, 2.05) is 6.92 Å². The highest BCUT2D eigenvalue weighted by atomic mass is 16.1. The molecule has 0 bridgehead atoms. The van der Waals surface area contributed by atoms with E-state index in [2.05, 4.69) is 56.8 Å². The molecule has 0 atom stereocenters. The van der Waals surface area contributed by atoms with Crippen LogP contribution in [0, 0.1) is 6.92 Å². The number of nitrogens with zero attached hydrogens (tertiary/aromatic N) is 3. The second kappa shape index (κ2) is 5.35. The zero-order valence-electron chi connectivity index (χ0n) is 13.5. The van der Waals surface area contributed by atoms with Gasteiger partial charge in [0, 0.05) is 43.5 Å². The highest BCUT2D eigenvalue weighted by Crippen LogP contribution is 2.22. The summed E-state index contributed by atoms with van der Waals surface area (Å²) in [6, 6.07) is 10.7. The standard InChI is InChI=1S/C18H20N4O/c1-12-19-16-11-22(8-7-15(16)18(23)20-12)10-14-9-13-5-3-4-6-17(13)21(14)2/h3-6,9H,7-8,10-11H2,1-2H3,(H,19,20,23). The third-order valence-corrected chi connectivity index (χ3v) is 4.71. The maximum absolute atomic E-state index is 12.0. The fourth-order valence-corrected chi connectivity index (χ4v) is 3.48. The minimum atomic E-state index is 0.0248. The number of rotatable bonds is 2. The van der Waals surface area contributed by atoms with Crippen molar-refractivity contribution in [3.63, 3.8) is 0 Å². The molecule has 0 unspecified atom stereocenters. The normalized spacial score (nSPS) is 15.0. The first kappa shape index (κ1) is 14.2. The SMILES string of the molecule is Cc1nc2c(c(=O)[nH]1)CCN(Cc1cc3ccccc3n1C)C2. The Kier molecular flexibility index (Phi) is 3.31. The van der Waals surface area contributed by atoms with Gasteiger partial charge in [-0.2, -0.15) is 0 Å². The lowest BCUT2D eigenvalue weighted by Gasteiger charge is -2.27. The molecule has 1 aliphatic heterocycles. The van der Waals surface area contributed by atoms with E-state index in [1.54, 1.807) is 0 Å². The van der Waals surface area contributed by atoms with Crippen LogP contribution in [0.3, 0.4) is 0 Å². The van der Waals surface area contributed by atoms with Crippen LogP contribution in [0.1, 0.15) is 22.8 Å². The van der Waals surface area contributed by atoms with Crippen molar-refractivity contribution in [3.05, 3.63) is 63.5 Å². The third-order valence-electron chi connectivity index (χ3n) is 4.71. The average molecular weight is 308 g/mol. The van der Waals surface area contributed by atoms with Gasteiger partial charge in [-0.15, -0.1) is 0 Å². The minimum absolute atomic E-state index is 0.0248. The molecule has 0 saturated carbocycles. The zero-order valence-corrected chi connectivity index (χ0v) is 13.5. The summed E-state index contributed by atoms with van der Waals surface area (Å²) in [7, 11) is 2.11. The Balaban J connectivity index is 1.62. The van der Waals surface area contributed by atoms with Crippen molar-refractivity contribution >= 4 is 10.9 Å². The molecule has 0 radical (unpaired) electrons. The summed E-state index contributed by atoms with van der Waals surface area (Å²) in [5, 5.41) is 1.27. The van der Waals surface area contributed by atoms with Crippen molar-refractivity contribution in [2.75, 3.05) is 6.54 Å². The predicted octanol–water partition coefficient (Wildman–Crippen LogP) is 2.13. The average Bonchev–Trinajstić information content (AvgIpc) is 2.83. The number of para-hydroxylation sites is 1. The Labute approximate surface area is 134 Å². The predicted molar refractivity (Wildman–Crippen MR) is 90.3 cm³/mol. The Morgan fingerprint density at radius 1 is 1.30 bits per heavy atom. The first-order chi connectivity index (χ1) is 11.1. The van der Waals surface area contributed by atoms with E-state index in [1.165, 1.54) is 16.6 Å². The van der Waals surface area contributed by atoms with Crippen LogP contribution in [-0.4, -0.2) is 26.0 Å². The molecule has 1 aromatic carbocycles. The van der Waals surface area contributed by atoms with Gasteiger partial charge in [-0.1, -0.05) is 18.2 Å². The Hall–Kier alpha value is -2.40. The number of hydrogen-bond donors (Lipinski definition) is 1. The van der Waals surface area contributed by atoms with Crippen molar-refractivity contribution in [1.82, 2.24) is 19.4 Å². The summed E-state index contributed by atoms with van der Waals surface area (Å²) < 4.78 is 2.25. The molecule has 0 amide bonds. The van der Waals surface area contributed by atoms with E-state index in [0.29, 0.717) is 5.82 Å². The number of aryl methyl sites for hydroxylation is 2. The lowest BCUT2D eigenvalue weighted by Crippen LogP contribution is -2.35. The summed E-state index contributed by atoms with van der Waals surface area (Å²) in [5.41, 5.74) is 4.35. The fraction of sp³-hybridized carbons (Fsp3) is 0.333. The van der Waals surface area contributed by atoms with Crippen molar-refractivity contribution in [2.45, 2.75) is 26.4 Å². The second-order valence-corrected chi connectivity index (χ2v) is 6.29. The van der Waals surface area contributed by atoms with Gasteiger partial charge in [0.2, 0.25) is 0 Å². The van der Waals surface area contributed by atoms with Crippen molar-refractivity contribution in [2.24, 2.45) is 7.05 Å². The monoisotopic (exact) mass is 308 g/mol. The lowest BCUT2D eigenvalue weighted by molar-refractivity contribution is 0.235. The van der Waals surface area contributed by atoms with Crippen molar-refractivity contribution in [3.8, 4) is 0 Å². The molecule has 2 aromatic heterocycles. The molecule has 5 heteroatoms. The van der Waals surface area contributed by atoms with E-state index >= 15 is 0 Å². The topological polar surface area (TPSA) is 53.9 Å². The largest absolute Gasteiger partial charge is 0.346 e. The molecule has 5 nitrogen and oxygen atoms in total. The van der Waals surface area contributed by atoms with E-state index in [0.717, 1.165) is 37.3 Å². The molecule has 23 heavy (non-hydrogen) atoms. The zero-order chi connectivity index (χ0) is 16.0. The van der Waals surface area contributed by atoms with Crippen molar-refractivity contribution < 1.29 is 0 Å². The summed E-state index contributed by atoms with van der Waals surface area (Å²) >= 11 is 0. The molecule has 3 aromatic rings. The van der Waals surface area contributed by atoms with Crippen LogP contribution in [0.4, 0.5) is 0 Å². The van der Waals surface area contributed by atoms with Crippen LogP contribution >= 0.6 is 0 Å². The molecule has 3 heterocycles. The molecule has 4 rings (SSSR count). The summed E-state index contributed by atoms with van der Waals surface area (Å²) in [4.78, 5) is 21.7. The van der Waals surface area contributed by atoms with Gasteiger partial charge in [-0.05, 0) is 30.9 Å². The van der Waals surface area contributed by atoms with Crippen LogP contribution < -0.4 is 5.56 Å². The second-order valence-electron chi connectivity index (χ2n) is 6.29. The van der Waals surface area contributed by atoms with Crippen LogP contribution in [0.2, 0.25) is 0 Å². The van der Waals surface area contributed by atoms with E-state index in [9.17, 15) is 4.79 Å². The number of benzene rings is 1. The fourth-order valence-electron chi connectivity index (χ4n) is 3.48. The van der Waals surface area contributed by atoms with Crippen LogP contribution in [-0.2, 0) is 26.6 Å². The Morgan fingerprint density at radius 3 is 2.96 bits per heavy atom. The van der Waals surface area contributed by atoms with Gasteiger partial charge in [0.1, 0.15) is 5.82 Å². The number of H-pyrrole nitrogens is 1. The quantitative estimate of drug-likeness (QED) is 0.789. The maximum Gasteiger partial charge on any atom is 0.254 e. The number of fused-ring (bicyclic) bond motifs is 2. The maximum atomic E-state index is 12.0. The molecule has 0 spiro atoms. The van der Waals surface area contributed by atoms with Crippen LogP contribution in [0.5, 0.6) is 0 Å². The molecule has 0 fully saturated rings. The summed E-state index contributed by atoms with van der Waals surface area (Å²) in [6.07, 6.45) is 0.766. The van der Waals surface area contributed by atoms with Gasteiger partial charge in [0.15, 0.2) is 0 Å². The molecule has 0 aliphatic carbocycles. The summed E-state index contributed by atoms with van der Waals surface area (Å²) in [5.74, 6) is 0.695. The van der Waals surface area contributed by atoms with Gasteiger partial charge in [-0.3, -0.25) is 9.69 Å². The summed E-state index contributed by atoms with van der Waals surface area (Å²) in [6.45, 7) is 4.34. The Morgan fingerprint density at radius 2 is 2.13 bits per heavy atom. The number of nitrogens with one attached hydrogen (secondary N) is 1. The first-order valence-electron chi connectivity index (χ1n) is 7.96. The van der Waals surface area contributed by atoms with Gasteiger partial charge in [-0.25, -0.2) is 4.98 Å². The molecule has 0 saturated heterocycles. The van der Waals surface area contributed by atoms with E-state index in [-0.39, 0.29) is 5.56 Å². The highest BCUT2D eigenvalue weighted by molar-refractivity contribution is 5.81. The molecular formula is C18H20N4O. The molecular weight excluding hydrogens is 288 g/mol. The minimum Gasteiger partial charge on any atom is -0.346 e. The molecule has 118 valence electrons. The number of aromatic amines is 1. The molecule has 1 N–H and O–H groups in total. The molecule has 1 aliphatic rings. The Bertz CT molecular complexity index is 938. The van der Waals surface area contributed by atoms with Crippen LogP contribution in [0.15, 0.2) is 35.1 Å². The first-order valence-corrected chi connectivity index (χ1v) is 7.96. The third kappa shape index (κ3) is 2.47. The van der Waals surface area contributed by atoms with E-state index in [4.69, 9.17) is 0 Å². The smallest absolute Gasteiger partial charge is 0.254 e. The van der Waals surface area contributed by atoms with E-state index < -0.39 is 0 Å². The van der Waals surface area contributed by atoms with Gasteiger partial charge in [0.05, 0.1) is 5.69 Å². The number of aromatic nitrogens is 3. The highest BCUT2D eigenvalue weighted by Gasteiger charge is 2.21. The van der Waals surface area contributed by atoms with Gasteiger partial charge in [0.25, 0.3) is 5.56 Å². The lowest BCUT2D eigenvalue weighted by atomic mass is 10.1. The van der Waals surface area contributed by atoms with Gasteiger partial charge < -0.3 is 9.55 Å². The van der Waals surface area contributed by atoms with Crippen LogP contribution in [0.25, 0.3) is 10.9 Å².